The molecule has 0 spiro atoms. The predicted molar refractivity (Wildman–Crippen MR) is 47.1 cm³/mol. The van der Waals surface area contributed by atoms with Gasteiger partial charge >= 0.3 is 0 Å². The summed E-state index contributed by atoms with van der Waals surface area (Å²) >= 11 is 0. The first-order chi connectivity index (χ1) is 5.83. The van der Waals surface area contributed by atoms with Crippen LogP contribution in [0, 0.1) is 6.20 Å². The molecule has 1 heterocycles. The van der Waals surface area contributed by atoms with E-state index < -0.39 is 0 Å². The Bertz CT molecular complexity index is 439. The molecule has 0 aliphatic rings. The zero-order valence-corrected chi connectivity index (χ0v) is 11.6. The Morgan fingerprint density at radius 3 is 2.64 bits per heavy atom. The predicted octanol–water partition coefficient (Wildman–Crippen LogP) is -1.21. The summed E-state index contributed by atoms with van der Waals surface area (Å²) in [6, 6.07) is 7.77. The summed E-state index contributed by atoms with van der Waals surface area (Å²) in [5.74, 6) is 0. The fourth-order valence-corrected chi connectivity index (χ4v) is 1.38. The molecule has 0 aliphatic carbocycles. The molecular formula is C10H8ClNOZn-. The summed E-state index contributed by atoms with van der Waals surface area (Å²) in [5, 5.41) is 0.968. The van der Waals surface area contributed by atoms with Crippen LogP contribution >= 0.6 is 0 Å². The first-order valence-electron chi connectivity index (χ1n) is 3.75. The maximum absolute atomic E-state index is 10.6. The monoisotopic (exact) mass is 257 g/mol. The fourth-order valence-electron chi connectivity index (χ4n) is 1.38. The average molecular weight is 259 g/mol. The van der Waals surface area contributed by atoms with Crippen LogP contribution in [0.4, 0.5) is 0 Å². The molecule has 1 aromatic heterocycles. The number of nitrogens with zero attached hydrogens (tertiary/aromatic N) is 1. The van der Waals surface area contributed by atoms with Crippen LogP contribution in [0.25, 0.3) is 10.9 Å². The minimum Gasteiger partial charge on any atom is -1.00 e. The van der Waals surface area contributed by atoms with Gasteiger partial charge in [-0.2, -0.15) is 0 Å². The number of rotatable bonds is 1. The van der Waals surface area contributed by atoms with Gasteiger partial charge < -0.3 is 17.0 Å². The van der Waals surface area contributed by atoms with Gasteiger partial charge in [0.05, 0.1) is 6.20 Å². The van der Waals surface area contributed by atoms with Gasteiger partial charge in [0.25, 0.3) is 0 Å². The number of carbonyl (C=O) groups is 1. The van der Waals surface area contributed by atoms with E-state index in [0.29, 0.717) is 5.56 Å². The molecule has 0 saturated carbocycles. The number of hydrogen-bond donors (Lipinski definition) is 0. The van der Waals surface area contributed by atoms with Crippen LogP contribution in [-0.4, -0.2) is 10.9 Å². The Hall–Kier alpha value is -0.657. The van der Waals surface area contributed by atoms with Gasteiger partial charge in [0.2, 0.25) is 0 Å². The van der Waals surface area contributed by atoms with Gasteiger partial charge in [-0.1, -0.05) is 18.2 Å². The quantitative estimate of drug-likeness (QED) is 0.465. The zero-order chi connectivity index (χ0) is 8.55. The van der Waals surface area contributed by atoms with Crippen LogP contribution in [0.2, 0.25) is 0 Å². The van der Waals surface area contributed by atoms with Crippen LogP contribution in [-0.2, 0) is 26.5 Å². The van der Waals surface area contributed by atoms with Gasteiger partial charge in [0, 0.05) is 43.0 Å². The maximum atomic E-state index is 10.6. The number of para-hydroxylation sites is 1. The van der Waals surface area contributed by atoms with Crippen molar-refractivity contribution in [2.75, 3.05) is 0 Å². The van der Waals surface area contributed by atoms with E-state index in [1.165, 1.54) is 0 Å². The number of aromatic nitrogens is 1. The van der Waals surface area contributed by atoms with Gasteiger partial charge in [-0.15, -0.1) is 0 Å². The summed E-state index contributed by atoms with van der Waals surface area (Å²) in [6.45, 7) is 0. The molecule has 4 heteroatoms. The van der Waals surface area contributed by atoms with Gasteiger partial charge in [0.15, 0.2) is 6.29 Å². The molecule has 0 fully saturated rings. The second-order valence-electron chi connectivity index (χ2n) is 2.72. The second-order valence-corrected chi connectivity index (χ2v) is 2.72. The summed E-state index contributed by atoms with van der Waals surface area (Å²) in [5.41, 5.74) is 1.67. The van der Waals surface area contributed by atoms with Crippen molar-refractivity contribution in [3.63, 3.8) is 0 Å². The van der Waals surface area contributed by atoms with E-state index in [1.807, 2.05) is 35.9 Å². The van der Waals surface area contributed by atoms with Crippen LogP contribution in [0.3, 0.4) is 0 Å². The van der Waals surface area contributed by atoms with Gasteiger partial charge in [-0.3, -0.25) is 4.79 Å². The summed E-state index contributed by atoms with van der Waals surface area (Å²) in [6.07, 6.45) is 3.79. The van der Waals surface area contributed by atoms with Crippen LogP contribution in [0.1, 0.15) is 10.4 Å². The van der Waals surface area contributed by atoms with Crippen molar-refractivity contribution in [3.8, 4) is 0 Å². The van der Waals surface area contributed by atoms with Crippen molar-refractivity contribution in [3.05, 3.63) is 36.0 Å². The van der Waals surface area contributed by atoms with Gasteiger partial charge in [0.1, 0.15) is 0 Å². The van der Waals surface area contributed by atoms with E-state index in [2.05, 4.69) is 6.20 Å². The molecule has 14 heavy (non-hydrogen) atoms. The fraction of sp³-hybridized carbons (Fsp3) is 0.100. The van der Waals surface area contributed by atoms with Crippen molar-refractivity contribution in [2.24, 2.45) is 7.05 Å². The molecule has 2 aromatic rings. The average Bonchev–Trinajstić information content (AvgIpc) is 2.44. The number of aryl methyl sites for hydroxylation is 1. The number of fused-ring (bicyclic) bond motifs is 1. The van der Waals surface area contributed by atoms with Crippen molar-refractivity contribution in [2.45, 2.75) is 0 Å². The third-order valence-electron chi connectivity index (χ3n) is 1.96. The van der Waals surface area contributed by atoms with Crippen molar-refractivity contribution in [1.82, 2.24) is 4.57 Å². The van der Waals surface area contributed by atoms with Crippen LogP contribution in [0.15, 0.2) is 24.3 Å². The third-order valence-corrected chi connectivity index (χ3v) is 1.96. The van der Waals surface area contributed by atoms with Crippen LogP contribution < -0.4 is 12.4 Å². The van der Waals surface area contributed by atoms with Gasteiger partial charge in [-0.05, 0) is 6.07 Å². The minimum atomic E-state index is 0. The standard InChI is InChI=1S/C10H8NO.ClH.Zn/c1-11-6-8(7-12)9-4-2-3-5-10(9)11;;/h2-5,7H,1H3;1H;/p-1. The molecule has 0 bridgehead atoms. The van der Waals surface area contributed by atoms with E-state index in [1.54, 1.807) is 0 Å². The van der Waals surface area contributed by atoms with E-state index in [-0.39, 0.29) is 31.9 Å². The minimum absolute atomic E-state index is 0. The molecule has 0 amide bonds. The third kappa shape index (κ3) is 2.05. The molecule has 2 rings (SSSR count). The first kappa shape index (κ1) is 13.3. The molecular weight excluding hydrogens is 251 g/mol. The molecule has 0 N–H and O–H groups in total. The molecule has 69 valence electrons. The van der Waals surface area contributed by atoms with E-state index in [9.17, 15) is 4.79 Å². The maximum Gasteiger partial charge on any atom is 0.152 e. The molecule has 0 unspecified atom stereocenters. The van der Waals surface area contributed by atoms with Crippen molar-refractivity contribution < 1.29 is 36.7 Å². The Kier molecular flexibility index (Phi) is 5.03. The Balaban J connectivity index is 0.000000845. The summed E-state index contributed by atoms with van der Waals surface area (Å²) in [7, 11) is 1.88. The molecule has 0 saturated heterocycles. The number of aldehydes is 1. The smallest absolute Gasteiger partial charge is 0.152 e. The van der Waals surface area contributed by atoms with Crippen LogP contribution in [0.5, 0.6) is 0 Å². The van der Waals surface area contributed by atoms with Gasteiger partial charge in [-0.25, -0.2) is 0 Å². The number of carbonyl (C=O) groups excluding carboxylic acids is 1. The van der Waals surface area contributed by atoms with E-state index in [4.69, 9.17) is 0 Å². The molecule has 1 aromatic carbocycles. The molecule has 0 atom stereocenters. The Labute approximate surface area is 101 Å². The second kappa shape index (κ2) is 5.28. The van der Waals surface area contributed by atoms with Crippen molar-refractivity contribution in [1.29, 1.82) is 0 Å². The first-order valence-corrected chi connectivity index (χ1v) is 3.75. The topological polar surface area (TPSA) is 22.0 Å². The molecule has 2 nitrogen and oxygen atoms in total. The molecule has 1 radical (unpaired) electrons. The number of hydrogen-bond acceptors (Lipinski definition) is 1. The summed E-state index contributed by atoms with van der Waals surface area (Å²) in [4.78, 5) is 10.6. The van der Waals surface area contributed by atoms with Crippen molar-refractivity contribution >= 4 is 17.2 Å². The largest absolute Gasteiger partial charge is 1.00 e. The Morgan fingerprint density at radius 1 is 1.36 bits per heavy atom. The molecule has 0 aliphatic heterocycles. The summed E-state index contributed by atoms with van der Waals surface area (Å²) < 4.78 is 1.83. The Morgan fingerprint density at radius 2 is 2.00 bits per heavy atom. The number of benzene rings is 1. The van der Waals surface area contributed by atoms with E-state index >= 15 is 0 Å². The normalized spacial score (nSPS) is 8.93. The zero-order valence-electron chi connectivity index (χ0n) is 7.83. The number of halogens is 1. The van der Waals surface area contributed by atoms with E-state index in [0.717, 1.165) is 17.2 Å². The SMILES string of the molecule is Cn1[c]c(C=O)c2ccccc21.[Cl-].[Zn].